The number of carbonyl (C=O) groups excluding carboxylic acids is 1. The first-order valence-electron chi connectivity index (χ1n) is 5.80. The molecule has 0 radical (unpaired) electrons. The van der Waals surface area contributed by atoms with E-state index in [2.05, 4.69) is 4.98 Å². The van der Waals surface area contributed by atoms with Gasteiger partial charge in [0.25, 0.3) is 0 Å². The zero-order valence-corrected chi connectivity index (χ0v) is 9.62. The van der Waals surface area contributed by atoms with E-state index >= 15 is 0 Å². The van der Waals surface area contributed by atoms with Crippen molar-refractivity contribution in [3.63, 3.8) is 0 Å². The van der Waals surface area contributed by atoms with Gasteiger partial charge < -0.3 is 9.90 Å². The van der Waals surface area contributed by atoms with Crippen LogP contribution in [-0.2, 0) is 12.8 Å². The summed E-state index contributed by atoms with van der Waals surface area (Å²) in [6.45, 7) is 1.95. The number of hydrogen-bond donors (Lipinski definition) is 0. The molecule has 0 fully saturated rings. The third-order valence-electron chi connectivity index (χ3n) is 3.37. The number of carboxylic acids is 1. The van der Waals surface area contributed by atoms with E-state index < -0.39 is 5.97 Å². The number of pyridine rings is 1. The SMILES string of the molecule is Cc1ccc2nc3c(c(C(=O)[O-])c2c1)CCC3. The van der Waals surface area contributed by atoms with Crippen LogP contribution in [0.3, 0.4) is 0 Å². The van der Waals surface area contributed by atoms with Gasteiger partial charge >= 0.3 is 0 Å². The van der Waals surface area contributed by atoms with E-state index in [1.165, 1.54) is 0 Å². The third kappa shape index (κ3) is 1.50. The van der Waals surface area contributed by atoms with Crippen LogP contribution in [0.15, 0.2) is 18.2 Å². The molecule has 1 aliphatic rings. The van der Waals surface area contributed by atoms with E-state index in [-0.39, 0.29) is 0 Å². The van der Waals surface area contributed by atoms with Crippen LogP contribution in [0, 0.1) is 6.92 Å². The lowest BCUT2D eigenvalue weighted by atomic mass is 10.00. The van der Waals surface area contributed by atoms with Crippen molar-refractivity contribution in [1.82, 2.24) is 4.98 Å². The molecule has 3 heteroatoms. The van der Waals surface area contributed by atoms with Gasteiger partial charge in [-0.05, 0) is 43.9 Å². The summed E-state index contributed by atoms with van der Waals surface area (Å²) < 4.78 is 0. The second-order valence-electron chi connectivity index (χ2n) is 4.57. The van der Waals surface area contributed by atoms with Gasteiger partial charge in [0.05, 0.1) is 11.5 Å². The maximum Gasteiger partial charge on any atom is 0.0725 e. The summed E-state index contributed by atoms with van der Waals surface area (Å²) in [5.74, 6) is -1.08. The van der Waals surface area contributed by atoms with Crippen LogP contribution in [0.5, 0.6) is 0 Å². The molecule has 86 valence electrons. The smallest absolute Gasteiger partial charge is 0.0725 e. The molecule has 1 heterocycles. The highest BCUT2D eigenvalue weighted by atomic mass is 16.4. The number of aryl methyl sites for hydroxylation is 2. The van der Waals surface area contributed by atoms with Crippen molar-refractivity contribution in [2.75, 3.05) is 0 Å². The number of nitrogens with zero attached hydrogens (tertiary/aromatic N) is 1. The van der Waals surface area contributed by atoms with Gasteiger partial charge in [0, 0.05) is 16.6 Å². The Morgan fingerprint density at radius 2 is 2.18 bits per heavy atom. The number of hydrogen-bond acceptors (Lipinski definition) is 3. The number of carboxylic acid groups (broad SMARTS) is 1. The molecule has 1 aromatic carbocycles. The Morgan fingerprint density at radius 3 is 2.94 bits per heavy atom. The van der Waals surface area contributed by atoms with Gasteiger partial charge in [0.2, 0.25) is 0 Å². The predicted octanol–water partition coefficient (Wildman–Crippen LogP) is 1.40. The summed E-state index contributed by atoms with van der Waals surface area (Å²) in [6, 6.07) is 5.72. The molecule has 0 spiro atoms. The second kappa shape index (κ2) is 3.55. The molecule has 0 aliphatic heterocycles. The molecule has 1 aromatic heterocycles. The number of fused-ring (bicyclic) bond motifs is 2. The van der Waals surface area contributed by atoms with E-state index in [9.17, 15) is 9.90 Å². The van der Waals surface area contributed by atoms with Crippen LogP contribution >= 0.6 is 0 Å². The molecule has 17 heavy (non-hydrogen) atoms. The highest BCUT2D eigenvalue weighted by molar-refractivity contribution is 6.03. The zero-order valence-electron chi connectivity index (χ0n) is 9.62. The molecule has 3 nitrogen and oxygen atoms in total. The standard InChI is InChI=1S/C14H13NO2/c1-8-5-6-12-10(7-8)13(14(16)17)9-3-2-4-11(9)15-12/h5-7H,2-4H2,1H3,(H,16,17)/p-1. The Bertz CT molecular complexity index is 632. The lowest BCUT2D eigenvalue weighted by molar-refractivity contribution is -0.254. The van der Waals surface area contributed by atoms with Crippen LogP contribution < -0.4 is 5.11 Å². The lowest BCUT2D eigenvalue weighted by Gasteiger charge is -2.13. The average molecular weight is 226 g/mol. The van der Waals surface area contributed by atoms with Gasteiger partial charge in [0.1, 0.15) is 0 Å². The fraction of sp³-hybridized carbons (Fsp3) is 0.286. The van der Waals surface area contributed by atoms with Crippen molar-refractivity contribution in [1.29, 1.82) is 0 Å². The van der Waals surface area contributed by atoms with E-state index in [1.807, 2.05) is 25.1 Å². The lowest BCUT2D eigenvalue weighted by Crippen LogP contribution is -2.24. The van der Waals surface area contributed by atoms with E-state index in [1.54, 1.807) is 0 Å². The molecule has 0 N–H and O–H groups in total. The van der Waals surface area contributed by atoms with Crippen LogP contribution in [0.25, 0.3) is 10.9 Å². The topological polar surface area (TPSA) is 53.0 Å². The minimum absolute atomic E-state index is 0.353. The van der Waals surface area contributed by atoms with E-state index in [0.29, 0.717) is 10.9 Å². The summed E-state index contributed by atoms with van der Waals surface area (Å²) in [5, 5.41) is 12.1. The zero-order chi connectivity index (χ0) is 12.0. The molecule has 2 aromatic rings. The summed E-state index contributed by atoms with van der Waals surface area (Å²) in [6.07, 6.45) is 2.66. The Kier molecular flexibility index (Phi) is 2.15. The normalized spacial score (nSPS) is 13.9. The first kappa shape index (κ1) is 10.3. The largest absolute Gasteiger partial charge is 0.545 e. The predicted molar refractivity (Wildman–Crippen MR) is 62.8 cm³/mol. The van der Waals surface area contributed by atoms with Crippen molar-refractivity contribution in [2.45, 2.75) is 26.2 Å². The average Bonchev–Trinajstić information content (AvgIpc) is 2.72. The van der Waals surface area contributed by atoms with Crippen LogP contribution in [0.2, 0.25) is 0 Å². The molecule has 0 saturated heterocycles. The van der Waals surface area contributed by atoms with Crippen LogP contribution in [-0.4, -0.2) is 11.0 Å². The minimum Gasteiger partial charge on any atom is -0.545 e. The maximum absolute atomic E-state index is 11.3. The number of aromatic carboxylic acids is 1. The molecule has 1 aliphatic carbocycles. The van der Waals surface area contributed by atoms with Crippen molar-refractivity contribution in [3.8, 4) is 0 Å². The molecular weight excluding hydrogens is 214 g/mol. The van der Waals surface area contributed by atoms with Gasteiger partial charge in [-0.3, -0.25) is 4.98 Å². The molecule has 0 amide bonds. The number of carbonyl (C=O) groups is 1. The van der Waals surface area contributed by atoms with E-state index in [4.69, 9.17) is 0 Å². The van der Waals surface area contributed by atoms with Crippen molar-refractivity contribution in [3.05, 3.63) is 40.6 Å². The fourth-order valence-corrected chi connectivity index (χ4v) is 2.61. The van der Waals surface area contributed by atoms with E-state index in [0.717, 1.165) is 41.6 Å². The minimum atomic E-state index is -1.08. The molecule has 0 bridgehead atoms. The van der Waals surface area contributed by atoms with Gasteiger partial charge in [-0.25, -0.2) is 0 Å². The van der Waals surface area contributed by atoms with Gasteiger partial charge in [-0.2, -0.15) is 0 Å². The molecule has 3 rings (SSSR count). The number of benzene rings is 1. The first-order chi connectivity index (χ1) is 8.16. The second-order valence-corrected chi connectivity index (χ2v) is 4.57. The van der Waals surface area contributed by atoms with Gasteiger partial charge in [-0.1, -0.05) is 11.6 Å². The fourth-order valence-electron chi connectivity index (χ4n) is 2.61. The van der Waals surface area contributed by atoms with Gasteiger partial charge in [0.15, 0.2) is 0 Å². The van der Waals surface area contributed by atoms with Gasteiger partial charge in [-0.15, -0.1) is 0 Å². The Balaban J connectivity index is 2.45. The monoisotopic (exact) mass is 226 g/mol. The molecule has 0 saturated carbocycles. The third-order valence-corrected chi connectivity index (χ3v) is 3.37. The number of aromatic nitrogens is 1. The maximum atomic E-state index is 11.3. The molecule has 0 unspecified atom stereocenters. The Hall–Kier alpha value is -1.90. The van der Waals surface area contributed by atoms with Crippen LogP contribution in [0.4, 0.5) is 0 Å². The summed E-state index contributed by atoms with van der Waals surface area (Å²) in [4.78, 5) is 15.9. The highest BCUT2D eigenvalue weighted by Crippen LogP contribution is 2.29. The van der Waals surface area contributed by atoms with Crippen LogP contribution in [0.1, 0.15) is 33.6 Å². The first-order valence-corrected chi connectivity index (χ1v) is 5.80. The number of rotatable bonds is 1. The van der Waals surface area contributed by atoms with Crippen molar-refractivity contribution < 1.29 is 9.90 Å². The van der Waals surface area contributed by atoms with Crippen molar-refractivity contribution >= 4 is 16.9 Å². The molecular formula is C14H12NO2-. The quantitative estimate of drug-likeness (QED) is 0.738. The Labute approximate surface area is 99.1 Å². The highest BCUT2D eigenvalue weighted by Gasteiger charge is 2.19. The summed E-state index contributed by atoms with van der Waals surface area (Å²) in [5.41, 5.74) is 3.96. The molecule has 0 atom stereocenters. The summed E-state index contributed by atoms with van der Waals surface area (Å²) in [7, 11) is 0. The summed E-state index contributed by atoms with van der Waals surface area (Å²) >= 11 is 0. The van der Waals surface area contributed by atoms with Crippen molar-refractivity contribution in [2.24, 2.45) is 0 Å². The Morgan fingerprint density at radius 1 is 1.35 bits per heavy atom.